The average Bonchev–Trinajstić information content (AvgIpc) is 2.33. The van der Waals surface area contributed by atoms with Crippen LogP contribution >= 0.6 is 15.9 Å². The highest BCUT2D eigenvalue weighted by Crippen LogP contribution is 2.35. The van der Waals surface area contributed by atoms with Crippen LogP contribution in [-0.4, -0.2) is 16.0 Å². The molecule has 2 nitrogen and oxygen atoms in total. The highest BCUT2D eigenvalue weighted by Gasteiger charge is 2.49. The molecule has 1 heterocycles. The van der Waals surface area contributed by atoms with Gasteiger partial charge in [0.15, 0.2) is 5.54 Å². The summed E-state index contributed by atoms with van der Waals surface area (Å²) in [7, 11) is 0. The summed E-state index contributed by atoms with van der Waals surface area (Å²) < 4.78 is 38.8. The minimum absolute atomic E-state index is 0.532. The van der Waals surface area contributed by atoms with Crippen molar-refractivity contribution in [1.82, 2.24) is 9.78 Å². The van der Waals surface area contributed by atoms with Gasteiger partial charge in [-0.1, -0.05) is 0 Å². The van der Waals surface area contributed by atoms with Crippen LogP contribution in [0.3, 0.4) is 0 Å². The van der Waals surface area contributed by atoms with Gasteiger partial charge in [0.2, 0.25) is 0 Å². The lowest BCUT2D eigenvalue weighted by Crippen LogP contribution is -2.42. The third-order valence-electron chi connectivity index (χ3n) is 1.82. The number of rotatable bonds is 1. The number of hydrogen-bond acceptors (Lipinski definition) is 1. The van der Waals surface area contributed by atoms with E-state index in [1.54, 1.807) is 0 Å². The van der Waals surface area contributed by atoms with E-state index >= 15 is 0 Å². The Kier molecular flexibility index (Phi) is 2.44. The fraction of sp³-hybridized carbons (Fsp3) is 0.571. The second-order valence-electron chi connectivity index (χ2n) is 3.16. The van der Waals surface area contributed by atoms with Gasteiger partial charge in [0.05, 0.1) is 10.7 Å². The van der Waals surface area contributed by atoms with Gasteiger partial charge in [0.25, 0.3) is 0 Å². The summed E-state index contributed by atoms with van der Waals surface area (Å²) in [5.41, 5.74) is -1.97. The van der Waals surface area contributed by atoms with E-state index in [0.29, 0.717) is 4.47 Å². The van der Waals surface area contributed by atoms with Crippen molar-refractivity contribution in [3.63, 3.8) is 0 Å². The topological polar surface area (TPSA) is 17.8 Å². The van der Waals surface area contributed by atoms with Gasteiger partial charge in [-0.25, -0.2) is 0 Å². The second-order valence-corrected chi connectivity index (χ2v) is 4.08. The van der Waals surface area contributed by atoms with Crippen LogP contribution in [-0.2, 0) is 5.54 Å². The quantitative estimate of drug-likeness (QED) is 0.756. The molecule has 0 saturated heterocycles. The number of nitrogens with zero attached hydrogens (tertiary/aromatic N) is 2. The van der Waals surface area contributed by atoms with Crippen LogP contribution in [0, 0.1) is 0 Å². The van der Waals surface area contributed by atoms with E-state index in [0.717, 1.165) is 18.5 Å². The Bertz CT molecular complexity index is 303. The van der Waals surface area contributed by atoms with Crippen molar-refractivity contribution in [3.05, 3.63) is 16.9 Å². The Morgan fingerprint density at radius 2 is 1.92 bits per heavy atom. The summed E-state index contributed by atoms with van der Waals surface area (Å²) in [4.78, 5) is 0. The van der Waals surface area contributed by atoms with Crippen LogP contribution in [0.25, 0.3) is 0 Å². The van der Waals surface area contributed by atoms with Gasteiger partial charge in [-0.2, -0.15) is 18.3 Å². The van der Waals surface area contributed by atoms with Crippen LogP contribution < -0.4 is 0 Å². The zero-order valence-corrected chi connectivity index (χ0v) is 8.65. The molecule has 0 saturated carbocycles. The fourth-order valence-electron chi connectivity index (χ4n) is 0.736. The van der Waals surface area contributed by atoms with E-state index in [4.69, 9.17) is 0 Å². The van der Waals surface area contributed by atoms with Crippen LogP contribution in [0.15, 0.2) is 16.9 Å². The van der Waals surface area contributed by atoms with Gasteiger partial charge in [0.1, 0.15) is 0 Å². The first-order chi connectivity index (χ1) is 5.75. The van der Waals surface area contributed by atoms with Gasteiger partial charge < -0.3 is 0 Å². The lowest BCUT2D eigenvalue weighted by molar-refractivity contribution is -0.205. The van der Waals surface area contributed by atoms with Gasteiger partial charge in [0, 0.05) is 6.20 Å². The summed E-state index contributed by atoms with van der Waals surface area (Å²) in [6.45, 7) is 2.15. The maximum atomic E-state index is 12.5. The molecule has 0 atom stereocenters. The maximum Gasteiger partial charge on any atom is 0.413 e. The third kappa shape index (κ3) is 1.87. The van der Waals surface area contributed by atoms with Gasteiger partial charge >= 0.3 is 6.18 Å². The molecule has 1 aromatic heterocycles. The fourth-order valence-corrected chi connectivity index (χ4v) is 1.02. The molecule has 0 aliphatic rings. The highest BCUT2D eigenvalue weighted by molar-refractivity contribution is 9.10. The lowest BCUT2D eigenvalue weighted by atomic mass is 10.1. The number of hydrogen-bond donors (Lipinski definition) is 0. The number of aromatic nitrogens is 2. The molecule has 13 heavy (non-hydrogen) atoms. The molecule has 0 amide bonds. The average molecular weight is 257 g/mol. The van der Waals surface area contributed by atoms with Gasteiger partial charge in [-0.05, 0) is 29.8 Å². The Labute approximate surface area is 81.9 Å². The van der Waals surface area contributed by atoms with E-state index in [-0.39, 0.29) is 0 Å². The lowest BCUT2D eigenvalue weighted by Gasteiger charge is -2.27. The molecule has 74 valence electrons. The zero-order chi connectivity index (χ0) is 10.3. The van der Waals surface area contributed by atoms with E-state index in [1.807, 2.05) is 0 Å². The monoisotopic (exact) mass is 256 g/mol. The van der Waals surface area contributed by atoms with Gasteiger partial charge in [-0.15, -0.1) is 0 Å². The molecule has 0 aromatic carbocycles. The molecule has 0 radical (unpaired) electrons. The molecule has 1 rings (SSSR count). The number of halogens is 4. The Morgan fingerprint density at radius 1 is 1.38 bits per heavy atom. The smallest absolute Gasteiger partial charge is 0.257 e. The highest BCUT2D eigenvalue weighted by atomic mass is 79.9. The molecule has 0 spiro atoms. The predicted molar refractivity (Wildman–Crippen MR) is 45.3 cm³/mol. The van der Waals surface area contributed by atoms with Crippen molar-refractivity contribution in [1.29, 1.82) is 0 Å². The predicted octanol–water partition coefficient (Wildman–Crippen LogP) is 2.94. The maximum absolute atomic E-state index is 12.5. The summed E-state index contributed by atoms with van der Waals surface area (Å²) >= 11 is 3.04. The first-order valence-corrected chi connectivity index (χ1v) is 4.32. The van der Waals surface area contributed by atoms with Crippen molar-refractivity contribution >= 4 is 15.9 Å². The second kappa shape index (κ2) is 3.01. The third-order valence-corrected chi connectivity index (χ3v) is 2.23. The standard InChI is InChI=1S/C7H8BrF3N2/c1-6(2,7(9,10)11)13-4-5(8)3-12-13/h3-4H,1-2H3. The Balaban J connectivity index is 3.07. The van der Waals surface area contributed by atoms with Crippen molar-refractivity contribution in [2.75, 3.05) is 0 Å². The van der Waals surface area contributed by atoms with Crippen LogP contribution in [0.4, 0.5) is 13.2 Å². The van der Waals surface area contributed by atoms with Crippen LogP contribution in [0.5, 0.6) is 0 Å². The summed E-state index contributed by atoms with van der Waals surface area (Å²) in [5, 5.41) is 3.60. The van der Waals surface area contributed by atoms with Crippen molar-refractivity contribution in [2.24, 2.45) is 0 Å². The van der Waals surface area contributed by atoms with Crippen LogP contribution in [0.2, 0.25) is 0 Å². The molecular formula is C7H8BrF3N2. The van der Waals surface area contributed by atoms with Crippen molar-refractivity contribution in [2.45, 2.75) is 25.6 Å². The largest absolute Gasteiger partial charge is 0.413 e. The normalized spacial score (nSPS) is 13.4. The van der Waals surface area contributed by atoms with E-state index in [2.05, 4.69) is 21.0 Å². The molecule has 1 aromatic rings. The molecule has 0 aliphatic carbocycles. The summed E-state index contributed by atoms with van der Waals surface area (Å²) in [6, 6.07) is 0. The molecular weight excluding hydrogens is 249 g/mol. The molecule has 6 heteroatoms. The molecule has 0 fully saturated rings. The summed E-state index contributed by atoms with van der Waals surface area (Å²) in [6.07, 6.45) is -1.68. The first kappa shape index (κ1) is 10.6. The van der Waals surface area contributed by atoms with Crippen molar-refractivity contribution < 1.29 is 13.2 Å². The molecule has 0 aliphatic heterocycles. The molecule has 0 unspecified atom stereocenters. The first-order valence-electron chi connectivity index (χ1n) is 3.52. The zero-order valence-electron chi connectivity index (χ0n) is 7.06. The number of alkyl halides is 3. The van der Waals surface area contributed by atoms with E-state index in [9.17, 15) is 13.2 Å². The molecule has 0 N–H and O–H groups in total. The SMILES string of the molecule is CC(C)(n1cc(Br)cn1)C(F)(F)F. The van der Waals surface area contributed by atoms with Crippen LogP contribution in [0.1, 0.15) is 13.8 Å². The minimum atomic E-state index is -4.31. The van der Waals surface area contributed by atoms with E-state index < -0.39 is 11.7 Å². The van der Waals surface area contributed by atoms with Crippen molar-refractivity contribution in [3.8, 4) is 0 Å². The Hall–Kier alpha value is -0.520. The molecule has 0 bridgehead atoms. The van der Waals surface area contributed by atoms with E-state index in [1.165, 1.54) is 12.4 Å². The summed E-state index contributed by atoms with van der Waals surface area (Å²) in [5.74, 6) is 0. The van der Waals surface area contributed by atoms with Gasteiger partial charge in [-0.3, -0.25) is 4.68 Å². The minimum Gasteiger partial charge on any atom is -0.257 e. The Morgan fingerprint density at radius 3 is 2.23 bits per heavy atom.